The van der Waals surface area contributed by atoms with Gasteiger partial charge in [-0.05, 0) is 24.3 Å². The largest absolute Gasteiger partial charge is 0.276 e. The monoisotopic (exact) mass is 363 g/mol. The van der Waals surface area contributed by atoms with E-state index >= 15 is 0 Å². The van der Waals surface area contributed by atoms with Gasteiger partial charge in [0.2, 0.25) is 0 Å². The van der Waals surface area contributed by atoms with E-state index in [0.29, 0.717) is 0 Å². The van der Waals surface area contributed by atoms with Crippen molar-refractivity contribution in [2.75, 3.05) is 0 Å². The molecule has 28 heavy (non-hydrogen) atoms. The molecule has 0 atom stereocenters. The standard InChI is InChI=1S/C23H17N5/c1-3-8-16(9-4-1)20-14-22(27-25-20)18-12-7-13-19(24-18)23-15-21(26-28-23)17-10-5-2-6-11-17/h1-15H,(H,25,27)(H,26,28). The van der Waals surface area contributed by atoms with Crippen molar-refractivity contribution in [1.29, 1.82) is 0 Å². The Morgan fingerprint density at radius 1 is 0.464 bits per heavy atom. The molecule has 0 radical (unpaired) electrons. The van der Waals surface area contributed by atoms with E-state index in [1.165, 1.54) is 0 Å². The van der Waals surface area contributed by atoms with Gasteiger partial charge in [0.1, 0.15) is 0 Å². The topological polar surface area (TPSA) is 70.2 Å². The van der Waals surface area contributed by atoms with Crippen LogP contribution in [0.15, 0.2) is 91.0 Å². The zero-order valence-electron chi connectivity index (χ0n) is 15.0. The van der Waals surface area contributed by atoms with Gasteiger partial charge < -0.3 is 0 Å². The highest BCUT2D eigenvalue weighted by Crippen LogP contribution is 2.26. The molecular formula is C23H17N5. The molecule has 0 fully saturated rings. The molecule has 0 amide bonds. The second-order valence-corrected chi connectivity index (χ2v) is 6.47. The van der Waals surface area contributed by atoms with Crippen molar-refractivity contribution in [3.63, 3.8) is 0 Å². The molecular weight excluding hydrogens is 346 g/mol. The van der Waals surface area contributed by atoms with Crippen LogP contribution in [0, 0.1) is 0 Å². The van der Waals surface area contributed by atoms with Gasteiger partial charge in [-0.3, -0.25) is 10.2 Å². The van der Waals surface area contributed by atoms with Gasteiger partial charge in [0.15, 0.2) is 0 Å². The van der Waals surface area contributed by atoms with Crippen LogP contribution in [-0.2, 0) is 0 Å². The summed E-state index contributed by atoms with van der Waals surface area (Å²) in [5.74, 6) is 0. The van der Waals surface area contributed by atoms with Crippen molar-refractivity contribution < 1.29 is 0 Å². The third kappa shape index (κ3) is 3.10. The molecule has 5 aromatic rings. The second kappa shape index (κ2) is 6.96. The molecule has 0 saturated heterocycles. The Balaban J connectivity index is 1.46. The lowest BCUT2D eigenvalue weighted by Gasteiger charge is -2.00. The molecule has 5 heteroatoms. The van der Waals surface area contributed by atoms with Gasteiger partial charge in [0.05, 0.1) is 34.2 Å². The van der Waals surface area contributed by atoms with Crippen molar-refractivity contribution in [2.24, 2.45) is 0 Å². The van der Waals surface area contributed by atoms with Crippen LogP contribution < -0.4 is 0 Å². The number of H-pyrrole nitrogens is 2. The summed E-state index contributed by atoms with van der Waals surface area (Å²) < 4.78 is 0. The first kappa shape index (κ1) is 16.2. The molecule has 0 aliphatic carbocycles. The quantitative estimate of drug-likeness (QED) is 0.461. The first-order valence-corrected chi connectivity index (χ1v) is 9.06. The van der Waals surface area contributed by atoms with Gasteiger partial charge in [-0.2, -0.15) is 10.2 Å². The fourth-order valence-corrected chi connectivity index (χ4v) is 3.15. The molecule has 134 valence electrons. The summed E-state index contributed by atoms with van der Waals surface area (Å²) in [5.41, 5.74) is 7.37. The van der Waals surface area contributed by atoms with E-state index in [0.717, 1.165) is 45.3 Å². The van der Waals surface area contributed by atoms with Crippen molar-refractivity contribution in [3.05, 3.63) is 91.0 Å². The number of hydrogen-bond acceptors (Lipinski definition) is 3. The molecule has 5 nitrogen and oxygen atoms in total. The SMILES string of the molecule is c1ccc(-c2cc(-c3cccc(-c4cc(-c5ccccc5)n[nH]4)n3)[nH]n2)cc1. The second-order valence-electron chi connectivity index (χ2n) is 6.47. The summed E-state index contributed by atoms with van der Waals surface area (Å²) in [4.78, 5) is 4.78. The smallest absolute Gasteiger partial charge is 0.0927 e. The van der Waals surface area contributed by atoms with Crippen LogP contribution in [0.25, 0.3) is 45.3 Å². The van der Waals surface area contributed by atoms with Crippen molar-refractivity contribution in [3.8, 4) is 45.3 Å². The van der Waals surface area contributed by atoms with E-state index in [1.807, 2.05) is 91.0 Å². The number of pyridine rings is 1. The van der Waals surface area contributed by atoms with E-state index in [2.05, 4.69) is 20.4 Å². The Morgan fingerprint density at radius 2 is 0.929 bits per heavy atom. The summed E-state index contributed by atoms with van der Waals surface area (Å²) in [5, 5.41) is 15.0. The van der Waals surface area contributed by atoms with Crippen LogP contribution in [0.3, 0.4) is 0 Å². The molecule has 0 unspecified atom stereocenters. The minimum absolute atomic E-state index is 0.836. The Labute approximate surface area is 162 Å². The Kier molecular flexibility index (Phi) is 4.03. The Morgan fingerprint density at radius 3 is 1.39 bits per heavy atom. The lowest BCUT2D eigenvalue weighted by molar-refractivity contribution is 1.08. The lowest BCUT2D eigenvalue weighted by Crippen LogP contribution is -1.88. The van der Waals surface area contributed by atoms with Gasteiger partial charge in [-0.1, -0.05) is 66.7 Å². The molecule has 5 rings (SSSR count). The first-order chi connectivity index (χ1) is 13.9. The van der Waals surface area contributed by atoms with Crippen LogP contribution >= 0.6 is 0 Å². The van der Waals surface area contributed by atoms with Gasteiger partial charge in [-0.15, -0.1) is 0 Å². The number of nitrogens with zero attached hydrogens (tertiary/aromatic N) is 3. The highest BCUT2D eigenvalue weighted by molar-refractivity contribution is 5.70. The number of benzene rings is 2. The fraction of sp³-hybridized carbons (Fsp3) is 0. The number of aromatic nitrogens is 5. The molecule has 0 spiro atoms. The maximum atomic E-state index is 4.78. The highest BCUT2D eigenvalue weighted by atomic mass is 15.1. The molecule has 0 aliphatic heterocycles. The van der Waals surface area contributed by atoms with E-state index in [1.54, 1.807) is 0 Å². The zero-order valence-corrected chi connectivity index (χ0v) is 15.0. The van der Waals surface area contributed by atoms with Crippen LogP contribution in [-0.4, -0.2) is 25.4 Å². The lowest BCUT2D eigenvalue weighted by atomic mass is 10.1. The first-order valence-electron chi connectivity index (χ1n) is 9.06. The minimum atomic E-state index is 0.836. The average molecular weight is 363 g/mol. The van der Waals surface area contributed by atoms with E-state index in [9.17, 15) is 0 Å². The number of rotatable bonds is 4. The molecule has 0 aliphatic rings. The van der Waals surface area contributed by atoms with Crippen molar-refractivity contribution >= 4 is 0 Å². The Hall–Kier alpha value is -3.99. The van der Waals surface area contributed by atoms with E-state index in [4.69, 9.17) is 4.98 Å². The van der Waals surface area contributed by atoms with Gasteiger partial charge in [0, 0.05) is 11.1 Å². The van der Waals surface area contributed by atoms with Crippen LogP contribution in [0.2, 0.25) is 0 Å². The number of hydrogen-bond donors (Lipinski definition) is 2. The van der Waals surface area contributed by atoms with Crippen LogP contribution in [0.4, 0.5) is 0 Å². The minimum Gasteiger partial charge on any atom is -0.276 e. The predicted molar refractivity (Wildman–Crippen MR) is 110 cm³/mol. The zero-order chi connectivity index (χ0) is 18.8. The predicted octanol–water partition coefficient (Wildman–Crippen LogP) is 5.20. The molecule has 0 saturated carbocycles. The fourth-order valence-electron chi connectivity index (χ4n) is 3.15. The summed E-state index contributed by atoms with van der Waals surface area (Å²) in [7, 11) is 0. The molecule has 3 aromatic heterocycles. The van der Waals surface area contributed by atoms with Crippen LogP contribution in [0.5, 0.6) is 0 Å². The molecule has 3 heterocycles. The third-order valence-corrected chi connectivity index (χ3v) is 4.60. The molecule has 2 aromatic carbocycles. The number of aromatic amines is 2. The normalized spacial score (nSPS) is 10.9. The van der Waals surface area contributed by atoms with Crippen molar-refractivity contribution in [2.45, 2.75) is 0 Å². The summed E-state index contributed by atoms with van der Waals surface area (Å²) in [6.45, 7) is 0. The third-order valence-electron chi connectivity index (χ3n) is 4.60. The van der Waals surface area contributed by atoms with Gasteiger partial charge in [-0.25, -0.2) is 4.98 Å². The maximum absolute atomic E-state index is 4.78. The molecule has 0 bridgehead atoms. The van der Waals surface area contributed by atoms with E-state index in [-0.39, 0.29) is 0 Å². The van der Waals surface area contributed by atoms with E-state index < -0.39 is 0 Å². The summed E-state index contributed by atoms with van der Waals surface area (Å²) >= 11 is 0. The highest BCUT2D eigenvalue weighted by Gasteiger charge is 2.10. The summed E-state index contributed by atoms with van der Waals surface area (Å²) in [6, 6.07) is 30.1. The molecule has 2 N–H and O–H groups in total. The number of nitrogens with one attached hydrogen (secondary N) is 2. The summed E-state index contributed by atoms with van der Waals surface area (Å²) in [6.07, 6.45) is 0. The van der Waals surface area contributed by atoms with Crippen molar-refractivity contribution in [1.82, 2.24) is 25.4 Å². The Bertz CT molecular complexity index is 1110. The average Bonchev–Trinajstić information content (AvgIpc) is 3.46. The van der Waals surface area contributed by atoms with Gasteiger partial charge in [0.25, 0.3) is 0 Å². The van der Waals surface area contributed by atoms with Crippen LogP contribution in [0.1, 0.15) is 0 Å². The maximum Gasteiger partial charge on any atom is 0.0927 e. The van der Waals surface area contributed by atoms with Gasteiger partial charge >= 0.3 is 0 Å².